The fraction of sp³-hybridized carbons (Fsp3) is 0.762. The summed E-state index contributed by atoms with van der Waals surface area (Å²) in [6.45, 7) is 1.26. The number of unbranched alkanes of at least 4 members (excludes halogenated alkanes) is 5. The first-order chi connectivity index (χ1) is 13.4. The van der Waals surface area contributed by atoms with Gasteiger partial charge in [-0.2, -0.15) is 0 Å². The molecule has 164 valence electrons. The molecule has 5 N–H and O–H groups in total. The summed E-state index contributed by atoms with van der Waals surface area (Å²) in [5, 5.41) is 46.7. The summed E-state index contributed by atoms with van der Waals surface area (Å²) in [4.78, 5) is 11.4. The van der Waals surface area contributed by atoms with Gasteiger partial charge in [0.15, 0.2) is 0 Å². The number of hydrogen-bond donors (Lipinski definition) is 5. The van der Waals surface area contributed by atoms with Gasteiger partial charge >= 0.3 is 5.97 Å². The van der Waals surface area contributed by atoms with Gasteiger partial charge < -0.3 is 30.3 Å². The van der Waals surface area contributed by atoms with Crippen molar-refractivity contribution >= 4 is 5.97 Å². The smallest absolute Gasteiger partial charge is 0.305 e. The lowest BCUT2D eigenvalue weighted by molar-refractivity contribution is -0.147. The number of ether oxygens (including phenoxy) is 1. The van der Waals surface area contributed by atoms with E-state index in [-0.39, 0.29) is 12.6 Å². The van der Waals surface area contributed by atoms with Gasteiger partial charge in [0.25, 0.3) is 0 Å². The summed E-state index contributed by atoms with van der Waals surface area (Å²) < 4.78 is 4.82. The van der Waals surface area contributed by atoms with Crippen molar-refractivity contribution < 1.29 is 35.1 Å². The predicted octanol–water partition coefficient (Wildman–Crippen LogP) is 1.61. The number of hydrogen-bond acceptors (Lipinski definition) is 7. The second-order valence-corrected chi connectivity index (χ2v) is 6.95. The van der Waals surface area contributed by atoms with Gasteiger partial charge in [-0.05, 0) is 32.1 Å². The van der Waals surface area contributed by atoms with Gasteiger partial charge in [0.05, 0.1) is 24.9 Å². The highest BCUT2D eigenvalue weighted by atomic mass is 16.5. The Bertz CT molecular complexity index is 436. The van der Waals surface area contributed by atoms with E-state index in [1.54, 1.807) is 0 Å². The summed E-state index contributed by atoms with van der Waals surface area (Å²) in [5.74, 6) is -0.352. The van der Waals surface area contributed by atoms with Crippen molar-refractivity contribution in [2.24, 2.45) is 0 Å². The molecule has 0 aliphatic heterocycles. The SMILES string of the molecule is CCC(O)/C=C\C(O)C(O)C/C=C\CCCCCCCC(=O)OCC(O)CO. The highest BCUT2D eigenvalue weighted by molar-refractivity contribution is 5.69. The van der Waals surface area contributed by atoms with Crippen LogP contribution in [-0.4, -0.2) is 69.1 Å². The Hall–Kier alpha value is -1.25. The lowest BCUT2D eigenvalue weighted by atomic mass is 10.1. The van der Waals surface area contributed by atoms with E-state index in [2.05, 4.69) is 0 Å². The minimum absolute atomic E-state index is 0.162. The van der Waals surface area contributed by atoms with E-state index in [0.717, 1.165) is 38.5 Å². The highest BCUT2D eigenvalue weighted by Gasteiger charge is 2.11. The Morgan fingerprint density at radius 2 is 1.64 bits per heavy atom. The zero-order valence-electron chi connectivity index (χ0n) is 16.9. The molecule has 0 bridgehead atoms. The molecule has 7 heteroatoms. The van der Waals surface area contributed by atoms with Crippen molar-refractivity contribution in [1.29, 1.82) is 0 Å². The molecule has 0 aromatic rings. The van der Waals surface area contributed by atoms with Crippen LogP contribution < -0.4 is 0 Å². The first-order valence-electron chi connectivity index (χ1n) is 10.2. The average Bonchev–Trinajstić information content (AvgIpc) is 2.70. The van der Waals surface area contributed by atoms with Gasteiger partial charge in [0.2, 0.25) is 0 Å². The first-order valence-corrected chi connectivity index (χ1v) is 10.2. The van der Waals surface area contributed by atoms with Crippen LogP contribution in [0, 0.1) is 0 Å². The molecule has 4 unspecified atom stereocenters. The predicted molar refractivity (Wildman–Crippen MR) is 108 cm³/mol. The summed E-state index contributed by atoms with van der Waals surface area (Å²) in [6, 6.07) is 0. The van der Waals surface area contributed by atoms with Gasteiger partial charge in [-0.3, -0.25) is 4.79 Å². The van der Waals surface area contributed by atoms with Gasteiger partial charge in [0.1, 0.15) is 12.7 Å². The molecule has 0 spiro atoms. The Labute approximate surface area is 168 Å². The third-order valence-corrected chi connectivity index (χ3v) is 4.29. The maximum absolute atomic E-state index is 11.4. The molecule has 0 fully saturated rings. The molecular formula is C21H38O7. The molecule has 0 heterocycles. The van der Waals surface area contributed by atoms with E-state index in [1.807, 2.05) is 19.1 Å². The second kappa shape index (κ2) is 17.8. The Morgan fingerprint density at radius 3 is 2.32 bits per heavy atom. The fourth-order valence-electron chi connectivity index (χ4n) is 2.38. The maximum atomic E-state index is 11.4. The second-order valence-electron chi connectivity index (χ2n) is 6.95. The monoisotopic (exact) mass is 402 g/mol. The molecule has 4 atom stereocenters. The molecular weight excluding hydrogens is 364 g/mol. The Balaban J connectivity index is 3.60. The molecule has 0 rings (SSSR count). The Kier molecular flexibility index (Phi) is 17.0. The molecule has 0 aliphatic rings. The van der Waals surface area contributed by atoms with Crippen LogP contribution in [0.5, 0.6) is 0 Å². The first kappa shape index (κ1) is 26.8. The van der Waals surface area contributed by atoms with Crippen LogP contribution in [0.3, 0.4) is 0 Å². The summed E-state index contributed by atoms with van der Waals surface area (Å²) >= 11 is 0. The molecule has 7 nitrogen and oxygen atoms in total. The zero-order valence-corrected chi connectivity index (χ0v) is 16.9. The van der Waals surface area contributed by atoms with E-state index < -0.39 is 31.0 Å². The van der Waals surface area contributed by atoms with Crippen LogP contribution in [-0.2, 0) is 9.53 Å². The van der Waals surface area contributed by atoms with Crippen molar-refractivity contribution in [3.8, 4) is 0 Å². The van der Waals surface area contributed by atoms with Crippen molar-refractivity contribution in [1.82, 2.24) is 0 Å². The average molecular weight is 403 g/mol. The minimum atomic E-state index is -1.01. The van der Waals surface area contributed by atoms with Crippen LogP contribution >= 0.6 is 0 Å². The zero-order chi connectivity index (χ0) is 21.2. The normalized spacial score (nSPS) is 16.4. The van der Waals surface area contributed by atoms with Crippen LogP contribution in [0.4, 0.5) is 0 Å². The molecule has 28 heavy (non-hydrogen) atoms. The number of aliphatic hydroxyl groups excluding tert-OH is 5. The van der Waals surface area contributed by atoms with Crippen molar-refractivity contribution in [2.75, 3.05) is 13.2 Å². The van der Waals surface area contributed by atoms with E-state index in [4.69, 9.17) is 14.9 Å². The molecule has 0 aromatic heterocycles. The fourth-order valence-corrected chi connectivity index (χ4v) is 2.38. The molecule has 0 aliphatic carbocycles. The topological polar surface area (TPSA) is 127 Å². The minimum Gasteiger partial charge on any atom is -0.463 e. The molecule has 0 saturated carbocycles. The largest absolute Gasteiger partial charge is 0.463 e. The van der Waals surface area contributed by atoms with Gasteiger partial charge in [-0.1, -0.05) is 50.5 Å². The molecule has 0 saturated heterocycles. The number of aliphatic hydroxyl groups is 5. The lowest BCUT2D eigenvalue weighted by Crippen LogP contribution is -2.23. The van der Waals surface area contributed by atoms with Crippen LogP contribution in [0.1, 0.15) is 64.7 Å². The third-order valence-electron chi connectivity index (χ3n) is 4.29. The number of rotatable bonds is 17. The number of esters is 1. The van der Waals surface area contributed by atoms with Crippen LogP contribution in [0.15, 0.2) is 24.3 Å². The quantitative estimate of drug-likeness (QED) is 0.142. The summed E-state index contributed by atoms with van der Waals surface area (Å²) in [7, 11) is 0. The highest BCUT2D eigenvalue weighted by Crippen LogP contribution is 2.09. The number of carbonyl (C=O) groups excluding carboxylic acids is 1. The number of allylic oxidation sites excluding steroid dienone is 1. The van der Waals surface area contributed by atoms with Crippen molar-refractivity contribution in [3.05, 3.63) is 24.3 Å². The van der Waals surface area contributed by atoms with E-state index in [1.165, 1.54) is 12.2 Å². The van der Waals surface area contributed by atoms with E-state index in [0.29, 0.717) is 19.3 Å². The number of carbonyl (C=O) groups is 1. The van der Waals surface area contributed by atoms with Crippen molar-refractivity contribution in [2.45, 2.75) is 89.1 Å². The van der Waals surface area contributed by atoms with Crippen LogP contribution in [0.2, 0.25) is 0 Å². The summed E-state index contributed by atoms with van der Waals surface area (Å²) in [5.41, 5.74) is 0. The Morgan fingerprint density at radius 1 is 0.964 bits per heavy atom. The summed E-state index contributed by atoms with van der Waals surface area (Å²) in [6.07, 6.45) is 10.2. The molecule has 0 aromatic carbocycles. The maximum Gasteiger partial charge on any atom is 0.305 e. The van der Waals surface area contributed by atoms with Gasteiger partial charge in [-0.15, -0.1) is 0 Å². The standard InChI is InChI=1S/C21H38O7/c1-2-17(23)13-14-20(26)19(25)11-9-7-5-3-4-6-8-10-12-21(27)28-16-18(24)15-22/h7,9,13-14,17-20,22-26H,2-6,8,10-12,15-16H2,1H3/b9-7-,14-13-. The molecule has 0 amide bonds. The van der Waals surface area contributed by atoms with E-state index >= 15 is 0 Å². The van der Waals surface area contributed by atoms with Crippen molar-refractivity contribution in [3.63, 3.8) is 0 Å². The van der Waals surface area contributed by atoms with Gasteiger partial charge in [0, 0.05) is 6.42 Å². The van der Waals surface area contributed by atoms with Crippen LogP contribution in [0.25, 0.3) is 0 Å². The van der Waals surface area contributed by atoms with E-state index in [9.17, 15) is 20.1 Å². The van der Waals surface area contributed by atoms with Gasteiger partial charge in [-0.25, -0.2) is 0 Å². The molecule has 0 radical (unpaired) electrons. The lowest BCUT2D eigenvalue weighted by Gasteiger charge is -2.12. The third kappa shape index (κ3) is 15.8.